The minimum Gasteiger partial charge on any atom is -0.489 e. The van der Waals surface area contributed by atoms with Crippen LogP contribution < -0.4 is 15.8 Å². The van der Waals surface area contributed by atoms with Crippen molar-refractivity contribution in [2.45, 2.75) is 31.4 Å². The Morgan fingerprint density at radius 1 is 1.41 bits per heavy atom. The average Bonchev–Trinajstić information content (AvgIpc) is 2.50. The monoisotopic (exact) mass is 296 g/mol. The zero-order chi connectivity index (χ0) is 12.0. The highest BCUT2D eigenvalue weighted by atomic mass is 79.9. The van der Waals surface area contributed by atoms with Gasteiger partial charge in [0.05, 0.1) is 10.6 Å². The van der Waals surface area contributed by atoms with Gasteiger partial charge in [-0.05, 0) is 41.3 Å². The van der Waals surface area contributed by atoms with E-state index in [1.165, 1.54) is 6.42 Å². The Kier molecular flexibility index (Phi) is 2.60. The molecule has 1 heterocycles. The number of ether oxygens (including phenoxy) is 1. The van der Waals surface area contributed by atoms with E-state index in [4.69, 9.17) is 10.5 Å². The van der Waals surface area contributed by atoms with E-state index in [1.807, 2.05) is 12.1 Å². The maximum Gasteiger partial charge on any atom is 0.245 e. The molecular formula is C12H13BrN2O2. The molecule has 0 saturated heterocycles. The van der Waals surface area contributed by atoms with Crippen molar-refractivity contribution in [1.82, 2.24) is 0 Å². The number of hydrogen-bond donors (Lipinski definition) is 2. The second kappa shape index (κ2) is 3.99. The van der Waals surface area contributed by atoms with Crippen molar-refractivity contribution in [3.05, 3.63) is 22.2 Å². The summed E-state index contributed by atoms with van der Waals surface area (Å²) in [5.74, 6) is 0.621. The van der Waals surface area contributed by atoms with Gasteiger partial charge >= 0.3 is 0 Å². The van der Waals surface area contributed by atoms with Crippen molar-refractivity contribution >= 4 is 27.5 Å². The van der Waals surface area contributed by atoms with E-state index in [2.05, 4.69) is 21.2 Å². The molecule has 1 aromatic rings. The van der Waals surface area contributed by atoms with Crippen LogP contribution in [0.4, 0.5) is 5.69 Å². The van der Waals surface area contributed by atoms with Crippen LogP contribution in [0.5, 0.6) is 5.75 Å². The molecule has 0 bridgehead atoms. The standard InChI is InChI=1S/C12H13BrN2O2/c13-8-4-7-9(15-12(16)11(7)14)5-10(8)17-6-2-1-3-6/h4-6,11H,1-3,14H2,(H,15,16). The first-order valence-electron chi connectivity index (χ1n) is 5.71. The van der Waals surface area contributed by atoms with Gasteiger partial charge in [-0.15, -0.1) is 0 Å². The van der Waals surface area contributed by atoms with E-state index in [0.29, 0.717) is 6.10 Å². The van der Waals surface area contributed by atoms with E-state index in [-0.39, 0.29) is 5.91 Å². The van der Waals surface area contributed by atoms with Crippen LogP contribution in [0.15, 0.2) is 16.6 Å². The average molecular weight is 297 g/mol. The van der Waals surface area contributed by atoms with E-state index >= 15 is 0 Å². The van der Waals surface area contributed by atoms with E-state index in [9.17, 15) is 4.79 Å². The number of nitrogens with two attached hydrogens (primary N) is 1. The van der Waals surface area contributed by atoms with Crippen molar-refractivity contribution in [1.29, 1.82) is 0 Å². The van der Waals surface area contributed by atoms with Gasteiger partial charge in [0.15, 0.2) is 0 Å². The Labute approximate surface area is 108 Å². The predicted molar refractivity (Wildman–Crippen MR) is 68.0 cm³/mol. The maximum atomic E-state index is 11.5. The summed E-state index contributed by atoms with van der Waals surface area (Å²) in [6.07, 6.45) is 3.76. The molecule has 2 aliphatic rings. The quantitative estimate of drug-likeness (QED) is 0.880. The van der Waals surface area contributed by atoms with Crippen LogP contribution in [-0.2, 0) is 4.79 Å². The molecule has 3 N–H and O–H groups in total. The van der Waals surface area contributed by atoms with Crippen molar-refractivity contribution in [2.75, 3.05) is 5.32 Å². The van der Waals surface area contributed by atoms with E-state index < -0.39 is 6.04 Å². The number of nitrogens with one attached hydrogen (secondary N) is 1. The molecule has 1 fully saturated rings. The summed E-state index contributed by atoms with van der Waals surface area (Å²) < 4.78 is 6.69. The molecule has 1 aromatic carbocycles. The summed E-state index contributed by atoms with van der Waals surface area (Å²) in [6.45, 7) is 0. The molecule has 1 aliphatic heterocycles. The first-order valence-corrected chi connectivity index (χ1v) is 6.51. The fourth-order valence-corrected chi connectivity index (χ4v) is 2.50. The number of halogens is 1. The zero-order valence-electron chi connectivity index (χ0n) is 9.20. The van der Waals surface area contributed by atoms with Gasteiger partial charge < -0.3 is 15.8 Å². The molecule has 1 atom stereocenters. The van der Waals surface area contributed by atoms with Crippen molar-refractivity contribution < 1.29 is 9.53 Å². The maximum absolute atomic E-state index is 11.5. The molecule has 0 radical (unpaired) electrons. The normalized spacial score (nSPS) is 22.9. The highest BCUT2D eigenvalue weighted by Gasteiger charge is 2.29. The number of carbonyl (C=O) groups excluding carboxylic acids is 1. The second-order valence-electron chi connectivity index (χ2n) is 4.51. The van der Waals surface area contributed by atoms with E-state index in [0.717, 1.165) is 34.3 Å². The van der Waals surface area contributed by atoms with Crippen molar-refractivity contribution in [3.8, 4) is 5.75 Å². The van der Waals surface area contributed by atoms with Gasteiger partial charge in [-0.1, -0.05) is 0 Å². The number of amides is 1. The number of rotatable bonds is 2. The molecule has 0 aromatic heterocycles. The molecule has 1 amide bonds. The summed E-state index contributed by atoms with van der Waals surface area (Å²) in [5.41, 5.74) is 7.36. The fraction of sp³-hybridized carbons (Fsp3) is 0.417. The van der Waals surface area contributed by atoms with Crippen LogP contribution in [-0.4, -0.2) is 12.0 Å². The molecule has 1 saturated carbocycles. The Balaban J connectivity index is 1.91. The largest absolute Gasteiger partial charge is 0.489 e. The van der Waals surface area contributed by atoms with Crippen LogP contribution in [0.2, 0.25) is 0 Å². The molecule has 4 nitrogen and oxygen atoms in total. The van der Waals surface area contributed by atoms with Gasteiger partial charge in [-0.3, -0.25) is 4.79 Å². The molecule has 0 spiro atoms. The molecule has 3 rings (SSSR count). The third kappa shape index (κ3) is 1.83. The summed E-state index contributed by atoms with van der Waals surface area (Å²) in [5, 5.41) is 2.76. The molecule has 5 heteroatoms. The smallest absolute Gasteiger partial charge is 0.245 e. The molecule has 1 unspecified atom stereocenters. The fourth-order valence-electron chi connectivity index (χ4n) is 2.04. The molecule has 90 valence electrons. The lowest BCUT2D eigenvalue weighted by Gasteiger charge is -2.27. The van der Waals surface area contributed by atoms with Gasteiger partial charge in [0.2, 0.25) is 5.91 Å². The highest BCUT2D eigenvalue weighted by Crippen LogP contribution is 2.39. The van der Waals surface area contributed by atoms with Crippen molar-refractivity contribution in [2.24, 2.45) is 5.73 Å². The van der Waals surface area contributed by atoms with Gasteiger partial charge in [0, 0.05) is 17.3 Å². The Morgan fingerprint density at radius 3 is 2.82 bits per heavy atom. The summed E-state index contributed by atoms with van der Waals surface area (Å²) in [6, 6.07) is 3.15. The lowest BCUT2D eigenvalue weighted by atomic mass is 9.96. The second-order valence-corrected chi connectivity index (χ2v) is 5.36. The molecular weight excluding hydrogens is 284 g/mol. The van der Waals surface area contributed by atoms with Crippen molar-refractivity contribution in [3.63, 3.8) is 0 Å². The third-order valence-electron chi connectivity index (χ3n) is 3.33. The first-order chi connectivity index (χ1) is 8.15. The van der Waals surface area contributed by atoms with Crippen LogP contribution in [0, 0.1) is 0 Å². The number of hydrogen-bond acceptors (Lipinski definition) is 3. The third-order valence-corrected chi connectivity index (χ3v) is 3.94. The van der Waals surface area contributed by atoms with Gasteiger partial charge in [0.1, 0.15) is 11.8 Å². The Hall–Kier alpha value is -1.07. The number of carbonyl (C=O) groups is 1. The molecule has 17 heavy (non-hydrogen) atoms. The summed E-state index contributed by atoms with van der Waals surface area (Å²) >= 11 is 3.46. The number of fused-ring (bicyclic) bond motifs is 1. The lowest BCUT2D eigenvalue weighted by molar-refractivity contribution is -0.116. The minimum atomic E-state index is -0.570. The Morgan fingerprint density at radius 2 is 2.18 bits per heavy atom. The van der Waals surface area contributed by atoms with Crippen LogP contribution in [0.1, 0.15) is 30.9 Å². The topological polar surface area (TPSA) is 64.4 Å². The highest BCUT2D eigenvalue weighted by molar-refractivity contribution is 9.10. The van der Waals surface area contributed by atoms with E-state index in [1.54, 1.807) is 0 Å². The summed E-state index contributed by atoms with van der Waals surface area (Å²) in [7, 11) is 0. The summed E-state index contributed by atoms with van der Waals surface area (Å²) in [4.78, 5) is 11.5. The Bertz CT molecular complexity index is 486. The molecule has 1 aliphatic carbocycles. The first kappa shape index (κ1) is 11.0. The number of benzene rings is 1. The zero-order valence-corrected chi connectivity index (χ0v) is 10.8. The van der Waals surface area contributed by atoms with Crippen LogP contribution in [0.25, 0.3) is 0 Å². The van der Waals surface area contributed by atoms with Crippen LogP contribution >= 0.6 is 15.9 Å². The van der Waals surface area contributed by atoms with Crippen LogP contribution in [0.3, 0.4) is 0 Å². The SMILES string of the molecule is NC1C(=O)Nc2cc(OC3CCC3)c(Br)cc21. The number of anilines is 1. The minimum absolute atomic E-state index is 0.160. The predicted octanol–water partition coefficient (Wildman–Crippen LogP) is 2.33. The lowest BCUT2D eigenvalue weighted by Crippen LogP contribution is -2.24. The van der Waals surface area contributed by atoms with Gasteiger partial charge in [-0.2, -0.15) is 0 Å². The van der Waals surface area contributed by atoms with Gasteiger partial charge in [0.25, 0.3) is 0 Å². The van der Waals surface area contributed by atoms with Gasteiger partial charge in [-0.25, -0.2) is 0 Å².